The van der Waals surface area contributed by atoms with Crippen LogP contribution in [0.3, 0.4) is 0 Å². The van der Waals surface area contributed by atoms with Gasteiger partial charge in [-0.2, -0.15) is 0 Å². The Morgan fingerprint density at radius 1 is 0.463 bits per heavy atom. The van der Waals surface area contributed by atoms with Crippen LogP contribution in [0, 0.1) is 29.6 Å². The average molecular weight is 767 g/mol. The molecule has 15 heteroatoms. The van der Waals surface area contributed by atoms with Crippen molar-refractivity contribution in [3.8, 4) is 0 Å². The molecule has 0 aromatic heterocycles. The summed E-state index contributed by atoms with van der Waals surface area (Å²) in [6.45, 7) is 21.9. The van der Waals surface area contributed by atoms with Gasteiger partial charge in [0, 0.05) is 35.2 Å². The molecule has 7 atom stereocenters. The third-order valence-electron chi connectivity index (χ3n) is 9.80. The first-order valence-corrected chi connectivity index (χ1v) is 19.4. The van der Waals surface area contributed by atoms with Crippen LogP contribution in [0.4, 0.5) is 0 Å². The number of carbonyl (C=O) groups excluding carboxylic acids is 7. The molecule has 0 aliphatic heterocycles. The molecule has 0 radical (unpaired) electrons. The number of likely N-dealkylation sites (N-methyl/N-ethyl adjacent to an activating group) is 5. The fraction of sp³-hybridized carbons (Fsp3) is 0.821. The second-order valence-corrected chi connectivity index (χ2v) is 16.8. The van der Waals surface area contributed by atoms with Crippen molar-refractivity contribution >= 4 is 41.4 Å². The second-order valence-electron chi connectivity index (χ2n) is 16.8. The minimum Gasteiger partial charge on any atom is -0.357 e. The van der Waals surface area contributed by atoms with Crippen molar-refractivity contribution in [3.05, 3.63) is 0 Å². The molecule has 0 aliphatic carbocycles. The first kappa shape index (κ1) is 50.2. The molecule has 0 spiro atoms. The van der Waals surface area contributed by atoms with Gasteiger partial charge in [0.1, 0.15) is 36.3 Å². The number of amides is 7. The lowest BCUT2D eigenvalue weighted by atomic mass is 9.96. The average Bonchev–Trinajstić information content (AvgIpc) is 3.08. The molecule has 0 bridgehead atoms. The Morgan fingerprint density at radius 3 is 1.22 bits per heavy atom. The summed E-state index contributed by atoms with van der Waals surface area (Å²) in [5.41, 5.74) is 6.09. The molecule has 0 saturated carbocycles. The van der Waals surface area contributed by atoms with E-state index in [1.54, 1.807) is 14.1 Å². The summed E-state index contributed by atoms with van der Waals surface area (Å²) in [6, 6.07) is -6.40. The van der Waals surface area contributed by atoms with E-state index in [4.69, 9.17) is 5.73 Å². The van der Waals surface area contributed by atoms with Gasteiger partial charge >= 0.3 is 0 Å². The van der Waals surface area contributed by atoms with E-state index >= 15 is 0 Å². The lowest BCUT2D eigenvalue weighted by molar-refractivity contribution is -0.153. The van der Waals surface area contributed by atoms with Gasteiger partial charge in [-0.3, -0.25) is 33.6 Å². The highest BCUT2D eigenvalue weighted by Gasteiger charge is 2.40. The molecule has 5 N–H and O–H groups in total. The number of nitrogens with one attached hydrogen (secondary N) is 3. The molecule has 0 aliphatic rings. The fourth-order valence-electron chi connectivity index (χ4n) is 6.37. The maximum absolute atomic E-state index is 14.3. The topological polar surface area (TPSA) is 195 Å². The fourth-order valence-corrected chi connectivity index (χ4v) is 6.37. The first-order valence-electron chi connectivity index (χ1n) is 19.4. The van der Waals surface area contributed by atoms with E-state index in [9.17, 15) is 33.6 Å². The van der Waals surface area contributed by atoms with E-state index in [2.05, 4.69) is 16.0 Å². The van der Waals surface area contributed by atoms with Crippen LogP contribution in [0.15, 0.2) is 0 Å². The lowest BCUT2D eigenvalue weighted by Gasteiger charge is -2.39. The molecule has 0 heterocycles. The maximum atomic E-state index is 14.3. The first-order chi connectivity index (χ1) is 24.7. The van der Waals surface area contributed by atoms with Crippen LogP contribution in [0.25, 0.3) is 0 Å². The minimum atomic E-state index is -1.08. The Bertz CT molecular complexity index is 1290. The van der Waals surface area contributed by atoms with E-state index in [1.807, 2.05) is 69.2 Å². The highest BCUT2D eigenvalue weighted by molar-refractivity contribution is 5.97. The Hall–Kier alpha value is -3.75. The summed E-state index contributed by atoms with van der Waals surface area (Å²) in [7, 11) is 7.63. The second kappa shape index (κ2) is 22.6. The standard InChI is InChI=1S/C39H74N8O7/c1-21(2)18-28(44(14)39(54)31(40)24(7)8)34(49)42-26(11)33(48)43-27(12)36(51)45(15)29(19-22(3)4)37(52)46(16)30(20-23(5)6)38(53)47(17)32(25(9)10)35(50)41-13/h21-32H,18-20,40H2,1-17H3,(H,41,50)(H,42,49)(H,43,48)/t26-,27+,28-,29-,30-,31?,32-/m0/s1. The smallest absolute Gasteiger partial charge is 0.245 e. The summed E-state index contributed by atoms with van der Waals surface area (Å²) < 4.78 is 0. The Balaban J connectivity index is 6.19. The van der Waals surface area contributed by atoms with Crippen LogP contribution in [-0.4, -0.2) is 138 Å². The summed E-state index contributed by atoms with van der Waals surface area (Å²) in [5, 5.41) is 7.97. The van der Waals surface area contributed by atoms with Gasteiger partial charge in [0.05, 0.1) is 6.04 Å². The van der Waals surface area contributed by atoms with Crippen LogP contribution in [0.2, 0.25) is 0 Å². The summed E-state index contributed by atoms with van der Waals surface area (Å²) in [6.07, 6.45) is 0.964. The van der Waals surface area contributed by atoms with Crippen molar-refractivity contribution in [3.63, 3.8) is 0 Å². The molecule has 0 fully saturated rings. The van der Waals surface area contributed by atoms with E-state index < -0.39 is 65.9 Å². The molecule has 1 unspecified atom stereocenters. The van der Waals surface area contributed by atoms with Gasteiger partial charge in [0.2, 0.25) is 41.4 Å². The molecule has 7 amide bonds. The molecule has 54 heavy (non-hydrogen) atoms. The predicted molar refractivity (Wildman–Crippen MR) is 212 cm³/mol. The third-order valence-corrected chi connectivity index (χ3v) is 9.80. The largest absolute Gasteiger partial charge is 0.357 e. The molecule has 0 aromatic carbocycles. The van der Waals surface area contributed by atoms with Crippen LogP contribution in [0.1, 0.15) is 102 Å². The monoisotopic (exact) mass is 767 g/mol. The number of carbonyl (C=O) groups is 7. The molecule has 0 saturated heterocycles. The summed E-state index contributed by atoms with van der Waals surface area (Å²) >= 11 is 0. The van der Waals surface area contributed by atoms with Crippen molar-refractivity contribution in [2.24, 2.45) is 35.3 Å². The number of hydrogen-bond donors (Lipinski definition) is 4. The zero-order valence-electron chi connectivity index (χ0n) is 36.3. The van der Waals surface area contributed by atoms with Crippen LogP contribution in [-0.2, 0) is 33.6 Å². The highest BCUT2D eigenvalue weighted by atomic mass is 16.2. The van der Waals surface area contributed by atoms with Crippen molar-refractivity contribution in [2.75, 3.05) is 35.2 Å². The van der Waals surface area contributed by atoms with Gasteiger partial charge in [-0.25, -0.2) is 0 Å². The van der Waals surface area contributed by atoms with E-state index in [-0.39, 0.29) is 53.7 Å². The molecule has 312 valence electrons. The highest BCUT2D eigenvalue weighted by Crippen LogP contribution is 2.22. The molecular formula is C39H74N8O7. The molecule has 0 aromatic rings. The zero-order valence-corrected chi connectivity index (χ0v) is 36.3. The van der Waals surface area contributed by atoms with Gasteiger partial charge in [0.25, 0.3) is 0 Å². The summed E-state index contributed by atoms with van der Waals surface area (Å²) in [4.78, 5) is 100.0. The van der Waals surface area contributed by atoms with Crippen LogP contribution < -0.4 is 21.7 Å². The normalized spacial score (nSPS) is 15.5. The van der Waals surface area contributed by atoms with Crippen LogP contribution in [0.5, 0.6) is 0 Å². The molecule has 15 nitrogen and oxygen atoms in total. The SMILES string of the molecule is CNC(=O)[C@H](C(C)C)N(C)C(=O)[C@H](CC(C)C)N(C)C(=O)[C@H](CC(C)C)N(C)C(=O)[C@@H](C)NC(=O)[C@H](C)NC(=O)[C@H](CC(C)C)N(C)C(=O)C(N)C(C)C. The molecular weight excluding hydrogens is 692 g/mol. The van der Waals surface area contributed by atoms with Gasteiger partial charge in [-0.15, -0.1) is 0 Å². The Morgan fingerprint density at radius 2 is 0.833 bits per heavy atom. The van der Waals surface area contributed by atoms with Gasteiger partial charge in [-0.05, 0) is 62.7 Å². The van der Waals surface area contributed by atoms with E-state index in [0.29, 0.717) is 12.8 Å². The summed E-state index contributed by atoms with van der Waals surface area (Å²) in [5.74, 6) is -3.45. The Kier molecular flexibility index (Phi) is 21.0. The third kappa shape index (κ3) is 14.5. The number of nitrogens with two attached hydrogens (primary N) is 1. The number of rotatable bonds is 21. The van der Waals surface area contributed by atoms with Gasteiger partial charge < -0.3 is 41.3 Å². The minimum absolute atomic E-state index is 0.0119. The molecule has 0 rings (SSSR count). The van der Waals surface area contributed by atoms with Crippen molar-refractivity contribution < 1.29 is 33.6 Å². The Labute approximate surface area is 325 Å². The zero-order chi connectivity index (χ0) is 42.5. The predicted octanol–water partition coefficient (Wildman–Crippen LogP) is 1.83. The lowest BCUT2D eigenvalue weighted by Crippen LogP contribution is -2.60. The van der Waals surface area contributed by atoms with E-state index in [1.165, 1.54) is 54.6 Å². The van der Waals surface area contributed by atoms with Crippen molar-refractivity contribution in [1.82, 2.24) is 35.6 Å². The van der Waals surface area contributed by atoms with Crippen molar-refractivity contribution in [1.29, 1.82) is 0 Å². The number of nitrogens with zero attached hydrogens (tertiary/aromatic N) is 4. The van der Waals surface area contributed by atoms with Crippen LogP contribution >= 0.6 is 0 Å². The van der Waals surface area contributed by atoms with Gasteiger partial charge in [0.15, 0.2) is 0 Å². The van der Waals surface area contributed by atoms with Gasteiger partial charge in [-0.1, -0.05) is 69.2 Å². The maximum Gasteiger partial charge on any atom is 0.245 e. The quantitative estimate of drug-likeness (QED) is 0.136. The number of hydrogen-bond acceptors (Lipinski definition) is 8. The van der Waals surface area contributed by atoms with E-state index in [0.717, 1.165) is 0 Å². The van der Waals surface area contributed by atoms with Crippen molar-refractivity contribution in [2.45, 2.75) is 145 Å².